The molecule has 0 radical (unpaired) electrons. The molecule has 5 heteroatoms. The third-order valence-electron chi connectivity index (χ3n) is 3.70. The summed E-state index contributed by atoms with van der Waals surface area (Å²) in [6.07, 6.45) is 4.63. The number of aryl methyl sites for hydroxylation is 2. The Morgan fingerprint density at radius 2 is 1.73 bits per heavy atom. The maximum absolute atomic E-state index is 12.1. The van der Waals surface area contributed by atoms with Crippen LogP contribution in [0.15, 0.2) is 18.2 Å². The first-order valence-electron chi connectivity index (χ1n) is 7.78. The van der Waals surface area contributed by atoms with Gasteiger partial charge in [0, 0.05) is 11.6 Å². The van der Waals surface area contributed by atoms with Crippen LogP contribution < -0.4 is 22.6 Å². The van der Waals surface area contributed by atoms with Gasteiger partial charge in [-0.1, -0.05) is 24.6 Å². The standard InChI is InChI=1S/C17H27ClN2O.ClH/c1-14-9-8-10-15(2)17(14)19-16(21)13-20(3)12-7-5-4-6-11-18;/h8-10H,4-7,11-13H2,1-3H3,(H,19,21);1H. The van der Waals surface area contributed by atoms with E-state index in [0.717, 1.165) is 42.1 Å². The number of para-hydroxylation sites is 1. The van der Waals surface area contributed by atoms with Crippen molar-refractivity contribution in [1.29, 1.82) is 0 Å². The maximum Gasteiger partial charge on any atom is 0.279 e. The molecule has 1 rings (SSSR count). The SMILES string of the molecule is Cc1cccc(C)c1NC(=O)C[NH+](C)CCCCCCCl.[Cl-]. The fourth-order valence-corrected chi connectivity index (χ4v) is 2.62. The molecule has 22 heavy (non-hydrogen) atoms. The number of quaternary nitrogens is 1. The van der Waals surface area contributed by atoms with E-state index in [2.05, 4.69) is 12.4 Å². The zero-order chi connectivity index (χ0) is 15.7. The second kappa shape index (κ2) is 11.8. The van der Waals surface area contributed by atoms with Gasteiger partial charge in [0.1, 0.15) is 0 Å². The molecule has 1 aromatic carbocycles. The zero-order valence-electron chi connectivity index (χ0n) is 13.8. The van der Waals surface area contributed by atoms with Crippen LogP contribution in [0.5, 0.6) is 0 Å². The summed E-state index contributed by atoms with van der Waals surface area (Å²) in [5.41, 5.74) is 3.18. The third kappa shape index (κ3) is 8.02. The summed E-state index contributed by atoms with van der Waals surface area (Å²) in [7, 11) is 2.08. The number of anilines is 1. The predicted octanol–water partition coefficient (Wildman–Crippen LogP) is -0.440. The number of carbonyl (C=O) groups excluding carboxylic acids is 1. The molecule has 3 nitrogen and oxygen atoms in total. The molecule has 0 aromatic heterocycles. The number of likely N-dealkylation sites (N-methyl/N-ethyl adjacent to an activating group) is 1. The molecule has 126 valence electrons. The molecule has 0 saturated carbocycles. The highest BCUT2D eigenvalue weighted by molar-refractivity contribution is 6.17. The molecule has 1 aromatic rings. The van der Waals surface area contributed by atoms with Crippen molar-refractivity contribution in [3.63, 3.8) is 0 Å². The first-order valence-corrected chi connectivity index (χ1v) is 8.31. The van der Waals surface area contributed by atoms with Gasteiger partial charge in [-0.3, -0.25) is 4.79 Å². The van der Waals surface area contributed by atoms with E-state index in [1.807, 2.05) is 32.0 Å². The van der Waals surface area contributed by atoms with Crippen molar-refractivity contribution in [2.24, 2.45) is 0 Å². The van der Waals surface area contributed by atoms with E-state index in [1.165, 1.54) is 17.7 Å². The predicted molar refractivity (Wildman–Crippen MR) is 90.4 cm³/mol. The average Bonchev–Trinajstić information content (AvgIpc) is 2.43. The second-order valence-electron chi connectivity index (χ2n) is 5.80. The van der Waals surface area contributed by atoms with Crippen molar-refractivity contribution >= 4 is 23.2 Å². The van der Waals surface area contributed by atoms with Gasteiger partial charge in [-0.2, -0.15) is 0 Å². The summed E-state index contributed by atoms with van der Waals surface area (Å²) in [5.74, 6) is 0.839. The largest absolute Gasteiger partial charge is 1.00 e. The van der Waals surface area contributed by atoms with Crippen molar-refractivity contribution in [3.8, 4) is 0 Å². The first-order chi connectivity index (χ1) is 10.0. The Morgan fingerprint density at radius 1 is 1.14 bits per heavy atom. The lowest BCUT2D eigenvalue weighted by molar-refractivity contribution is -0.871. The van der Waals surface area contributed by atoms with Crippen LogP contribution in [0.25, 0.3) is 0 Å². The number of hydrogen-bond donors (Lipinski definition) is 2. The molecule has 0 bridgehead atoms. The van der Waals surface area contributed by atoms with E-state index in [9.17, 15) is 4.79 Å². The molecule has 1 unspecified atom stereocenters. The average molecular weight is 347 g/mol. The van der Waals surface area contributed by atoms with Crippen LogP contribution in [0.1, 0.15) is 36.8 Å². The van der Waals surface area contributed by atoms with Crippen LogP contribution in [0, 0.1) is 13.8 Å². The van der Waals surface area contributed by atoms with Gasteiger partial charge < -0.3 is 22.6 Å². The molecule has 0 spiro atoms. The minimum absolute atomic E-state index is 0. The molecular weight excluding hydrogens is 319 g/mol. The lowest BCUT2D eigenvalue weighted by atomic mass is 10.1. The van der Waals surface area contributed by atoms with Gasteiger partial charge in [0.05, 0.1) is 13.6 Å². The number of rotatable bonds is 9. The summed E-state index contributed by atoms with van der Waals surface area (Å²) in [4.78, 5) is 13.4. The van der Waals surface area contributed by atoms with Gasteiger partial charge in [-0.15, -0.1) is 11.6 Å². The molecule has 0 aliphatic heterocycles. The normalized spacial score (nSPS) is 11.6. The Kier molecular flexibility index (Phi) is 11.3. The number of benzene rings is 1. The third-order valence-corrected chi connectivity index (χ3v) is 3.96. The number of amides is 1. The number of halogens is 2. The summed E-state index contributed by atoms with van der Waals surface area (Å²) in [5, 5.41) is 3.04. The zero-order valence-corrected chi connectivity index (χ0v) is 15.4. The number of unbranched alkanes of at least 4 members (excludes halogenated alkanes) is 3. The highest BCUT2D eigenvalue weighted by atomic mass is 35.5. The number of hydrogen-bond acceptors (Lipinski definition) is 1. The lowest BCUT2D eigenvalue weighted by Crippen LogP contribution is -3.10. The molecule has 0 saturated heterocycles. The number of nitrogens with one attached hydrogen (secondary N) is 2. The van der Waals surface area contributed by atoms with Gasteiger partial charge in [0.2, 0.25) is 0 Å². The fourth-order valence-electron chi connectivity index (χ4n) is 2.43. The summed E-state index contributed by atoms with van der Waals surface area (Å²) in [6.45, 7) is 5.60. The highest BCUT2D eigenvalue weighted by Crippen LogP contribution is 2.18. The molecule has 0 aliphatic rings. The van der Waals surface area contributed by atoms with Crippen LogP contribution in [0.4, 0.5) is 5.69 Å². The summed E-state index contributed by atoms with van der Waals surface area (Å²) in [6, 6.07) is 6.06. The first kappa shape index (κ1) is 21.2. The summed E-state index contributed by atoms with van der Waals surface area (Å²) >= 11 is 5.66. The van der Waals surface area contributed by atoms with Crippen LogP contribution in [0.3, 0.4) is 0 Å². The Labute approximate surface area is 145 Å². The fraction of sp³-hybridized carbons (Fsp3) is 0.588. The van der Waals surface area contributed by atoms with Crippen molar-refractivity contribution in [2.45, 2.75) is 39.5 Å². The van der Waals surface area contributed by atoms with Crippen molar-refractivity contribution in [1.82, 2.24) is 0 Å². The summed E-state index contributed by atoms with van der Waals surface area (Å²) < 4.78 is 0. The molecule has 0 fully saturated rings. The van der Waals surface area contributed by atoms with Gasteiger partial charge in [-0.25, -0.2) is 0 Å². The van der Waals surface area contributed by atoms with Crippen molar-refractivity contribution in [2.75, 3.05) is 31.3 Å². The minimum atomic E-state index is 0. The Balaban J connectivity index is 0.00000441. The lowest BCUT2D eigenvalue weighted by Gasteiger charge is -2.15. The van der Waals surface area contributed by atoms with Gasteiger partial charge >= 0.3 is 0 Å². The van der Waals surface area contributed by atoms with Crippen molar-refractivity contribution < 1.29 is 22.1 Å². The van der Waals surface area contributed by atoms with E-state index in [-0.39, 0.29) is 18.3 Å². The Morgan fingerprint density at radius 3 is 2.32 bits per heavy atom. The monoisotopic (exact) mass is 346 g/mol. The highest BCUT2D eigenvalue weighted by Gasteiger charge is 2.12. The molecule has 0 aliphatic carbocycles. The second-order valence-corrected chi connectivity index (χ2v) is 6.18. The Bertz CT molecular complexity index is 432. The van der Waals surface area contributed by atoms with E-state index in [0.29, 0.717) is 6.54 Å². The van der Waals surface area contributed by atoms with E-state index >= 15 is 0 Å². The minimum Gasteiger partial charge on any atom is -1.00 e. The Hall–Kier alpha value is -0.770. The molecule has 1 atom stereocenters. The quantitative estimate of drug-likeness (QED) is 0.461. The van der Waals surface area contributed by atoms with Gasteiger partial charge in [0.25, 0.3) is 5.91 Å². The van der Waals surface area contributed by atoms with Crippen molar-refractivity contribution in [3.05, 3.63) is 29.3 Å². The van der Waals surface area contributed by atoms with Crippen LogP contribution >= 0.6 is 11.6 Å². The molecular formula is C17H28Cl2N2O. The molecule has 1 amide bonds. The molecule has 0 heterocycles. The molecule has 2 N–H and O–H groups in total. The van der Waals surface area contributed by atoms with E-state index < -0.39 is 0 Å². The van der Waals surface area contributed by atoms with Gasteiger partial charge in [0.15, 0.2) is 6.54 Å². The van der Waals surface area contributed by atoms with Gasteiger partial charge in [-0.05, 0) is 44.2 Å². The topological polar surface area (TPSA) is 33.5 Å². The van der Waals surface area contributed by atoms with E-state index in [1.54, 1.807) is 0 Å². The van der Waals surface area contributed by atoms with Crippen LogP contribution in [-0.2, 0) is 4.79 Å². The number of carbonyl (C=O) groups is 1. The smallest absolute Gasteiger partial charge is 0.279 e. The maximum atomic E-state index is 12.1. The van der Waals surface area contributed by atoms with E-state index in [4.69, 9.17) is 11.6 Å². The van der Waals surface area contributed by atoms with Crippen LogP contribution in [0.2, 0.25) is 0 Å². The number of alkyl halides is 1. The van der Waals surface area contributed by atoms with Crippen LogP contribution in [-0.4, -0.2) is 31.9 Å².